The molecule has 0 aliphatic carbocycles. The molecular formula is C18H22N4O. The third-order valence-electron chi connectivity index (χ3n) is 4.09. The molecular weight excluding hydrogens is 288 g/mol. The van der Waals surface area contributed by atoms with E-state index in [0.29, 0.717) is 6.42 Å². The van der Waals surface area contributed by atoms with Crippen molar-refractivity contribution in [3.8, 4) is 0 Å². The van der Waals surface area contributed by atoms with Gasteiger partial charge in [-0.05, 0) is 12.0 Å². The average molecular weight is 310 g/mol. The van der Waals surface area contributed by atoms with Gasteiger partial charge in [0.1, 0.15) is 0 Å². The molecule has 0 unspecified atom stereocenters. The molecule has 1 aromatic carbocycles. The highest BCUT2D eigenvalue weighted by molar-refractivity contribution is 5.77. The minimum atomic E-state index is -0.0184. The van der Waals surface area contributed by atoms with Crippen molar-refractivity contribution >= 4 is 12.0 Å². The van der Waals surface area contributed by atoms with Crippen molar-refractivity contribution in [2.75, 3.05) is 6.54 Å². The molecule has 1 aromatic heterocycles. The number of nitrogens with one attached hydrogen (secondary N) is 2. The summed E-state index contributed by atoms with van der Waals surface area (Å²) in [7, 11) is 1.89. The van der Waals surface area contributed by atoms with E-state index in [9.17, 15) is 4.79 Å². The lowest BCUT2D eigenvalue weighted by Crippen LogP contribution is -2.48. The molecule has 2 heterocycles. The van der Waals surface area contributed by atoms with Crippen LogP contribution < -0.4 is 10.6 Å². The van der Waals surface area contributed by atoms with Crippen molar-refractivity contribution in [3.05, 3.63) is 59.9 Å². The lowest BCUT2D eigenvalue weighted by Gasteiger charge is -2.32. The summed E-state index contributed by atoms with van der Waals surface area (Å²) < 4.78 is 1.77. The first-order chi connectivity index (χ1) is 11.2. The normalized spacial score (nSPS) is 21.5. The lowest BCUT2D eigenvalue weighted by atomic mass is 9.94. The van der Waals surface area contributed by atoms with E-state index in [0.717, 1.165) is 18.5 Å². The average Bonchev–Trinajstić information content (AvgIpc) is 3.00. The summed E-state index contributed by atoms with van der Waals surface area (Å²) in [6.07, 6.45) is 9.41. The molecule has 2 N–H and O–H groups in total. The van der Waals surface area contributed by atoms with Gasteiger partial charge in [0, 0.05) is 37.8 Å². The van der Waals surface area contributed by atoms with Crippen molar-refractivity contribution in [1.29, 1.82) is 0 Å². The first-order valence-electron chi connectivity index (χ1n) is 7.95. The Kier molecular flexibility index (Phi) is 4.88. The molecule has 1 fully saturated rings. The molecule has 1 amide bonds. The summed E-state index contributed by atoms with van der Waals surface area (Å²) in [6.45, 7) is 0.770. The molecule has 0 saturated carbocycles. The van der Waals surface area contributed by atoms with E-state index >= 15 is 0 Å². The van der Waals surface area contributed by atoms with Gasteiger partial charge in [-0.25, -0.2) is 0 Å². The zero-order valence-electron chi connectivity index (χ0n) is 13.3. The molecule has 0 radical (unpaired) electrons. The number of carbonyl (C=O) groups is 1. The van der Waals surface area contributed by atoms with Gasteiger partial charge in [0.05, 0.1) is 12.2 Å². The Morgan fingerprint density at radius 1 is 1.39 bits per heavy atom. The number of hydrogen-bond donors (Lipinski definition) is 2. The third-order valence-corrected chi connectivity index (χ3v) is 4.09. The maximum Gasteiger partial charge on any atom is 0.220 e. The number of carbonyl (C=O) groups excluding carboxylic acids is 1. The summed E-state index contributed by atoms with van der Waals surface area (Å²) in [5, 5.41) is 10.8. The van der Waals surface area contributed by atoms with E-state index in [1.54, 1.807) is 4.68 Å². The van der Waals surface area contributed by atoms with Crippen LogP contribution >= 0.6 is 0 Å². The quantitative estimate of drug-likeness (QED) is 0.888. The Morgan fingerprint density at radius 2 is 2.22 bits per heavy atom. The second-order valence-corrected chi connectivity index (χ2v) is 5.86. The maximum absolute atomic E-state index is 11.7. The van der Waals surface area contributed by atoms with E-state index in [2.05, 4.69) is 40.0 Å². The van der Waals surface area contributed by atoms with Crippen LogP contribution in [0.3, 0.4) is 0 Å². The standard InChI is InChI=1S/C18H22N4O/c1-22-13-15(12-20-22)18-16(9-10-17(23)21-18)19-11-5-8-14-6-3-2-4-7-14/h2-8,12-13,16,18-19H,9-11H2,1H3,(H,21,23)/b8-5+/t16-,18+/m1/s1. The predicted octanol–water partition coefficient (Wildman–Crippen LogP) is 2.04. The van der Waals surface area contributed by atoms with Crippen LogP contribution in [-0.2, 0) is 11.8 Å². The van der Waals surface area contributed by atoms with Gasteiger partial charge in [-0.15, -0.1) is 0 Å². The Labute approximate surface area is 136 Å². The minimum Gasteiger partial charge on any atom is -0.348 e. The van der Waals surface area contributed by atoms with Crippen LogP contribution in [0, 0.1) is 0 Å². The fourth-order valence-electron chi connectivity index (χ4n) is 2.91. The first-order valence-corrected chi connectivity index (χ1v) is 7.95. The van der Waals surface area contributed by atoms with Crippen LogP contribution in [0.4, 0.5) is 0 Å². The number of aromatic nitrogens is 2. The SMILES string of the molecule is Cn1cc([C@@H]2NC(=O)CC[C@H]2NC/C=C/c2ccccc2)cn1. The van der Waals surface area contributed by atoms with Crippen molar-refractivity contribution in [1.82, 2.24) is 20.4 Å². The van der Waals surface area contributed by atoms with Crippen LogP contribution in [0.1, 0.15) is 30.0 Å². The second kappa shape index (κ2) is 7.24. The van der Waals surface area contributed by atoms with Gasteiger partial charge < -0.3 is 10.6 Å². The molecule has 1 aliphatic heterocycles. The summed E-state index contributed by atoms with van der Waals surface area (Å²) in [5.74, 6) is 0.108. The van der Waals surface area contributed by atoms with Crippen molar-refractivity contribution in [2.24, 2.45) is 7.05 Å². The first kappa shape index (κ1) is 15.5. The topological polar surface area (TPSA) is 59.0 Å². The summed E-state index contributed by atoms with van der Waals surface area (Å²) in [6, 6.07) is 10.4. The molecule has 0 spiro atoms. The van der Waals surface area contributed by atoms with Crippen LogP contribution in [0.15, 0.2) is 48.8 Å². The summed E-state index contributed by atoms with van der Waals surface area (Å²) >= 11 is 0. The van der Waals surface area contributed by atoms with Gasteiger partial charge in [0.25, 0.3) is 0 Å². The number of rotatable bonds is 5. The van der Waals surface area contributed by atoms with E-state index in [1.807, 2.05) is 37.6 Å². The molecule has 1 saturated heterocycles. The zero-order valence-corrected chi connectivity index (χ0v) is 13.3. The van der Waals surface area contributed by atoms with Crippen LogP contribution in [0.5, 0.6) is 0 Å². The van der Waals surface area contributed by atoms with Gasteiger partial charge >= 0.3 is 0 Å². The van der Waals surface area contributed by atoms with Gasteiger partial charge in [0.2, 0.25) is 5.91 Å². The van der Waals surface area contributed by atoms with Gasteiger partial charge in [0.15, 0.2) is 0 Å². The fourth-order valence-corrected chi connectivity index (χ4v) is 2.91. The van der Waals surface area contributed by atoms with Gasteiger partial charge in [-0.2, -0.15) is 5.10 Å². The lowest BCUT2D eigenvalue weighted by molar-refractivity contribution is -0.123. The molecule has 5 heteroatoms. The summed E-state index contributed by atoms with van der Waals surface area (Å²) in [4.78, 5) is 11.7. The van der Waals surface area contributed by atoms with Crippen molar-refractivity contribution in [3.63, 3.8) is 0 Å². The maximum atomic E-state index is 11.7. The number of hydrogen-bond acceptors (Lipinski definition) is 3. The Bertz CT molecular complexity index is 677. The van der Waals surface area contributed by atoms with Crippen molar-refractivity contribution < 1.29 is 4.79 Å². The van der Waals surface area contributed by atoms with Gasteiger partial charge in [-0.1, -0.05) is 42.5 Å². The van der Waals surface area contributed by atoms with E-state index in [-0.39, 0.29) is 18.0 Å². The summed E-state index contributed by atoms with van der Waals surface area (Å²) in [5.41, 5.74) is 2.24. The number of nitrogens with zero attached hydrogens (tertiary/aromatic N) is 2. The molecule has 2 atom stereocenters. The highest BCUT2D eigenvalue weighted by atomic mass is 16.1. The molecule has 3 rings (SSSR count). The van der Waals surface area contributed by atoms with Crippen molar-refractivity contribution in [2.45, 2.75) is 24.9 Å². The highest BCUT2D eigenvalue weighted by Gasteiger charge is 2.29. The van der Waals surface area contributed by atoms with Crippen LogP contribution in [0.2, 0.25) is 0 Å². The Morgan fingerprint density at radius 3 is 2.96 bits per heavy atom. The molecule has 120 valence electrons. The number of piperidine rings is 1. The Balaban J connectivity index is 1.60. The predicted molar refractivity (Wildman–Crippen MR) is 90.6 cm³/mol. The van der Waals surface area contributed by atoms with E-state index < -0.39 is 0 Å². The van der Waals surface area contributed by atoms with Crippen LogP contribution in [0.25, 0.3) is 6.08 Å². The molecule has 23 heavy (non-hydrogen) atoms. The number of aryl methyl sites for hydroxylation is 1. The van der Waals surface area contributed by atoms with E-state index in [4.69, 9.17) is 0 Å². The largest absolute Gasteiger partial charge is 0.348 e. The minimum absolute atomic E-state index is 0.0184. The number of amides is 1. The molecule has 1 aliphatic rings. The number of benzene rings is 1. The zero-order chi connectivity index (χ0) is 16.1. The molecule has 0 bridgehead atoms. The van der Waals surface area contributed by atoms with E-state index in [1.165, 1.54) is 5.56 Å². The highest BCUT2D eigenvalue weighted by Crippen LogP contribution is 2.23. The van der Waals surface area contributed by atoms with Gasteiger partial charge in [-0.3, -0.25) is 9.48 Å². The Hall–Kier alpha value is -2.40. The van der Waals surface area contributed by atoms with Crippen LogP contribution in [-0.4, -0.2) is 28.3 Å². The second-order valence-electron chi connectivity index (χ2n) is 5.86. The molecule has 5 nitrogen and oxygen atoms in total. The smallest absolute Gasteiger partial charge is 0.220 e. The fraction of sp³-hybridized carbons (Fsp3) is 0.333. The monoisotopic (exact) mass is 310 g/mol. The third kappa shape index (κ3) is 4.07. The molecule has 2 aromatic rings.